The first-order valence-corrected chi connectivity index (χ1v) is 11.2. The molecule has 1 N–H and O–H groups in total. The molecule has 31 heavy (non-hydrogen) atoms. The Balaban J connectivity index is 1.29. The molecule has 2 aromatic rings. The Hall–Kier alpha value is -3.18. The summed E-state index contributed by atoms with van der Waals surface area (Å²) in [6.45, 7) is -0.0301. The summed E-state index contributed by atoms with van der Waals surface area (Å²) >= 11 is 2.87. The fourth-order valence-electron chi connectivity index (χ4n) is 3.18. The third-order valence-electron chi connectivity index (χ3n) is 4.80. The van der Waals surface area contributed by atoms with Crippen molar-refractivity contribution in [3.05, 3.63) is 74.1 Å². The van der Waals surface area contributed by atoms with Gasteiger partial charge in [-0.25, -0.2) is 4.79 Å². The zero-order valence-electron chi connectivity index (χ0n) is 16.1. The van der Waals surface area contributed by atoms with Crippen LogP contribution in [-0.4, -0.2) is 44.8 Å². The van der Waals surface area contributed by atoms with Gasteiger partial charge in [-0.2, -0.15) is 0 Å². The number of nitrogens with zero attached hydrogens (tertiary/aromatic N) is 2. The number of nitro groups is 1. The summed E-state index contributed by atoms with van der Waals surface area (Å²) in [6, 6.07) is 8.86. The lowest BCUT2D eigenvalue weighted by molar-refractivity contribution is -0.384. The molecular formula is C20H17N3O6S2. The Kier molecular flexibility index (Phi) is 6.05. The molecule has 0 saturated carbocycles. The van der Waals surface area contributed by atoms with Gasteiger partial charge in [0, 0.05) is 29.0 Å². The van der Waals surface area contributed by atoms with E-state index in [-0.39, 0.29) is 35.9 Å². The number of ether oxygens (including phenoxy) is 1. The number of hydrogen-bond donors (Lipinski definition) is 1. The van der Waals surface area contributed by atoms with Crippen molar-refractivity contribution in [3.8, 4) is 0 Å². The van der Waals surface area contributed by atoms with E-state index >= 15 is 0 Å². The molecular weight excluding hydrogens is 442 g/mol. The summed E-state index contributed by atoms with van der Waals surface area (Å²) in [4.78, 5) is 49.5. The number of fused-ring (bicyclic) bond motifs is 1. The van der Waals surface area contributed by atoms with Crippen LogP contribution in [0, 0.1) is 10.1 Å². The Labute approximate surface area is 185 Å². The normalized spacial score (nSPS) is 19.7. The van der Waals surface area contributed by atoms with Crippen LogP contribution in [0.2, 0.25) is 0 Å². The van der Waals surface area contributed by atoms with E-state index < -0.39 is 16.9 Å². The van der Waals surface area contributed by atoms with E-state index in [1.807, 2.05) is 17.5 Å². The van der Waals surface area contributed by atoms with Crippen molar-refractivity contribution < 1.29 is 24.0 Å². The van der Waals surface area contributed by atoms with Crippen molar-refractivity contribution in [2.45, 2.75) is 24.4 Å². The van der Waals surface area contributed by atoms with Gasteiger partial charge in [0.25, 0.3) is 11.6 Å². The Morgan fingerprint density at radius 3 is 2.71 bits per heavy atom. The number of nitro benzene ring substituents is 1. The third kappa shape index (κ3) is 4.62. The van der Waals surface area contributed by atoms with E-state index in [0.29, 0.717) is 16.9 Å². The maximum absolute atomic E-state index is 12.4. The van der Waals surface area contributed by atoms with E-state index in [1.165, 1.54) is 58.5 Å². The topological polar surface area (TPSA) is 119 Å². The lowest BCUT2D eigenvalue weighted by atomic mass is 10.1. The van der Waals surface area contributed by atoms with Gasteiger partial charge in [-0.15, -0.1) is 23.1 Å². The van der Waals surface area contributed by atoms with Crippen molar-refractivity contribution >= 4 is 46.6 Å². The zero-order chi connectivity index (χ0) is 22.0. The predicted molar refractivity (Wildman–Crippen MR) is 114 cm³/mol. The number of amides is 2. The fourth-order valence-corrected chi connectivity index (χ4v) is 5.12. The summed E-state index contributed by atoms with van der Waals surface area (Å²) in [5, 5.41) is 15.1. The minimum Gasteiger partial charge on any atom is -0.457 e. The molecule has 0 radical (unpaired) electrons. The fraction of sp³-hybridized carbons (Fsp3) is 0.250. The lowest BCUT2D eigenvalue weighted by Crippen LogP contribution is -2.68. The number of thiophene rings is 1. The van der Waals surface area contributed by atoms with Gasteiger partial charge in [0.2, 0.25) is 5.91 Å². The largest absolute Gasteiger partial charge is 0.457 e. The SMILES string of the molecule is O=C(Cc1cccs1)NC1C(=O)N2C=C(C(=O)OCc3ccc([N+](=O)[O-])cc3)CS[C@H]12. The number of nitrogens with one attached hydrogen (secondary N) is 1. The number of rotatable bonds is 7. The first-order valence-electron chi connectivity index (χ1n) is 9.29. The highest BCUT2D eigenvalue weighted by Crippen LogP contribution is 2.36. The molecule has 2 atom stereocenters. The molecule has 1 saturated heterocycles. The molecule has 1 fully saturated rings. The summed E-state index contributed by atoms with van der Waals surface area (Å²) in [6.07, 6.45) is 1.71. The smallest absolute Gasteiger partial charge is 0.336 e. The molecule has 0 bridgehead atoms. The van der Waals surface area contributed by atoms with Crippen LogP contribution in [0.4, 0.5) is 5.69 Å². The van der Waals surface area contributed by atoms with Crippen molar-refractivity contribution in [3.63, 3.8) is 0 Å². The number of benzene rings is 1. The standard InChI is InChI=1S/C20H17N3O6S2/c24-16(8-15-2-1-7-30-15)21-17-18(25)22-9-13(11-31-19(17)22)20(26)29-10-12-3-5-14(6-4-12)23(27)28/h1-7,9,17,19H,8,10-11H2,(H,21,24)/t17?,19-/m1/s1. The first-order chi connectivity index (χ1) is 14.9. The van der Waals surface area contributed by atoms with Gasteiger partial charge in [-0.1, -0.05) is 6.07 Å². The highest BCUT2D eigenvalue weighted by atomic mass is 32.2. The number of esters is 1. The molecule has 4 rings (SSSR count). The monoisotopic (exact) mass is 459 g/mol. The Bertz CT molecular complexity index is 1050. The molecule has 11 heteroatoms. The molecule has 9 nitrogen and oxygen atoms in total. The lowest BCUT2D eigenvalue weighted by Gasteiger charge is -2.47. The van der Waals surface area contributed by atoms with E-state index in [0.717, 1.165) is 4.88 Å². The highest BCUT2D eigenvalue weighted by molar-refractivity contribution is 8.00. The Morgan fingerprint density at radius 2 is 2.03 bits per heavy atom. The van der Waals surface area contributed by atoms with Crippen LogP contribution in [0.1, 0.15) is 10.4 Å². The maximum Gasteiger partial charge on any atom is 0.336 e. The van der Waals surface area contributed by atoms with Crippen LogP contribution in [0.3, 0.4) is 0 Å². The quantitative estimate of drug-likeness (QED) is 0.292. The average molecular weight is 460 g/mol. The van der Waals surface area contributed by atoms with E-state index in [1.54, 1.807) is 0 Å². The summed E-state index contributed by atoms with van der Waals surface area (Å²) in [5.41, 5.74) is 0.926. The molecule has 2 aliphatic rings. The second-order valence-corrected chi connectivity index (χ2v) is 9.04. The van der Waals surface area contributed by atoms with E-state index in [2.05, 4.69) is 5.32 Å². The molecule has 160 valence electrons. The number of carbonyl (C=O) groups is 3. The van der Waals surface area contributed by atoms with Crippen LogP contribution >= 0.6 is 23.1 Å². The zero-order valence-corrected chi connectivity index (χ0v) is 17.7. The summed E-state index contributed by atoms with van der Waals surface area (Å²) in [7, 11) is 0. The van der Waals surface area contributed by atoms with Crippen molar-refractivity contribution in [2.24, 2.45) is 0 Å². The second kappa shape index (κ2) is 8.90. The highest BCUT2D eigenvalue weighted by Gasteiger charge is 2.50. The van der Waals surface area contributed by atoms with Crippen molar-refractivity contribution in [1.29, 1.82) is 0 Å². The third-order valence-corrected chi connectivity index (χ3v) is 6.99. The number of carbonyl (C=O) groups excluding carboxylic acids is 3. The van der Waals surface area contributed by atoms with Crippen LogP contribution in [-0.2, 0) is 32.1 Å². The second-order valence-electron chi connectivity index (χ2n) is 6.90. The molecule has 0 aliphatic carbocycles. The molecule has 0 spiro atoms. The van der Waals surface area contributed by atoms with Gasteiger partial charge in [0.05, 0.1) is 16.9 Å². The number of non-ortho nitro benzene ring substituents is 1. The summed E-state index contributed by atoms with van der Waals surface area (Å²) < 4.78 is 5.26. The van der Waals surface area contributed by atoms with Gasteiger partial charge >= 0.3 is 5.97 Å². The van der Waals surface area contributed by atoms with E-state index in [9.17, 15) is 24.5 Å². The van der Waals surface area contributed by atoms with Crippen molar-refractivity contribution in [2.75, 3.05) is 5.75 Å². The van der Waals surface area contributed by atoms with Crippen molar-refractivity contribution in [1.82, 2.24) is 10.2 Å². The minimum absolute atomic E-state index is 0.0301. The van der Waals surface area contributed by atoms with Gasteiger partial charge < -0.3 is 15.0 Å². The van der Waals surface area contributed by atoms with Crippen LogP contribution in [0.15, 0.2) is 53.6 Å². The molecule has 2 amide bonds. The van der Waals surface area contributed by atoms with Gasteiger partial charge in [-0.3, -0.25) is 19.7 Å². The number of β-lactam (4-membered cyclic amide) rings is 1. The molecule has 3 heterocycles. The van der Waals surface area contributed by atoms with Gasteiger partial charge in [0.1, 0.15) is 18.0 Å². The average Bonchev–Trinajstić information content (AvgIpc) is 3.28. The van der Waals surface area contributed by atoms with Gasteiger partial charge in [0.15, 0.2) is 0 Å². The number of hydrogen-bond acceptors (Lipinski definition) is 8. The van der Waals surface area contributed by atoms with E-state index in [4.69, 9.17) is 4.74 Å². The molecule has 2 aliphatic heterocycles. The molecule has 1 aromatic carbocycles. The van der Waals surface area contributed by atoms with Crippen LogP contribution < -0.4 is 5.32 Å². The van der Waals surface area contributed by atoms with Gasteiger partial charge in [-0.05, 0) is 29.1 Å². The van der Waals surface area contributed by atoms with Crippen LogP contribution in [0.5, 0.6) is 0 Å². The molecule has 1 aromatic heterocycles. The van der Waals surface area contributed by atoms with Crippen LogP contribution in [0.25, 0.3) is 0 Å². The Morgan fingerprint density at radius 1 is 1.26 bits per heavy atom. The maximum atomic E-state index is 12.4. The molecule has 1 unspecified atom stereocenters. The first kappa shape index (κ1) is 21.1. The number of thioether (sulfide) groups is 1. The summed E-state index contributed by atoms with van der Waals surface area (Å²) in [5.74, 6) is -0.678. The minimum atomic E-state index is -0.605. The predicted octanol–water partition coefficient (Wildman–Crippen LogP) is 2.23.